The smallest absolute Gasteiger partial charge is 0.207 e. The van der Waals surface area contributed by atoms with E-state index < -0.39 is 15.6 Å². The summed E-state index contributed by atoms with van der Waals surface area (Å²) in [5.74, 6) is 0.310. The highest BCUT2D eigenvalue weighted by atomic mass is 35.5. The van der Waals surface area contributed by atoms with Crippen molar-refractivity contribution >= 4 is 21.6 Å². The minimum absolute atomic E-state index is 0.155. The van der Waals surface area contributed by atoms with E-state index in [0.717, 1.165) is 11.1 Å². The molecule has 0 fully saturated rings. The van der Waals surface area contributed by atoms with Gasteiger partial charge in [-0.25, -0.2) is 13.1 Å². The maximum atomic E-state index is 12.5. The molecule has 20 heavy (non-hydrogen) atoms. The predicted octanol–water partition coefficient (Wildman–Crippen LogP) is 4.24. The summed E-state index contributed by atoms with van der Waals surface area (Å²) < 4.78 is 27.6. The highest BCUT2D eigenvalue weighted by Crippen LogP contribution is 2.31. The SMILES string of the molecule is CCC(C)(C)NS(=O)(=O)c1ccc(C(C)C)c(C)c1Cl. The van der Waals surface area contributed by atoms with Crippen molar-refractivity contribution in [1.82, 2.24) is 4.72 Å². The van der Waals surface area contributed by atoms with Crippen molar-refractivity contribution in [3.05, 3.63) is 28.3 Å². The van der Waals surface area contributed by atoms with Gasteiger partial charge in [0.15, 0.2) is 0 Å². The molecule has 5 heteroatoms. The Morgan fingerprint density at radius 3 is 2.30 bits per heavy atom. The molecule has 0 bridgehead atoms. The number of hydrogen-bond donors (Lipinski definition) is 1. The highest BCUT2D eigenvalue weighted by Gasteiger charge is 2.27. The van der Waals surface area contributed by atoms with Gasteiger partial charge in [0, 0.05) is 5.54 Å². The topological polar surface area (TPSA) is 46.2 Å². The van der Waals surface area contributed by atoms with E-state index in [4.69, 9.17) is 11.6 Å². The molecule has 0 saturated heterocycles. The molecule has 0 unspecified atom stereocenters. The van der Waals surface area contributed by atoms with Gasteiger partial charge in [-0.05, 0) is 50.3 Å². The van der Waals surface area contributed by atoms with Crippen LogP contribution in [0.4, 0.5) is 0 Å². The highest BCUT2D eigenvalue weighted by molar-refractivity contribution is 7.89. The lowest BCUT2D eigenvalue weighted by Gasteiger charge is -2.25. The van der Waals surface area contributed by atoms with E-state index in [9.17, 15) is 8.42 Å². The van der Waals surface area contributed by atoms with Crippen LogP contribution >= 0.6 is 11.6 Å². The van der Waals surface area contributed by atoms with Crippen LogP contribution in [0.2, 0.25) is 5.02 Å². The molecule has 1 rings (SSSR count). The van der Waals surface area contributed by atoms with Crippen molar-refractivity contribution < 1.29 is 8.42 Å². The van der Waals surface area contributed by atoms with Gasteiger partial charge in [-0.3, -0.25) is 0 Å². The second-order valence-corrected chi connectivity index (χ2v) is 8.12. The van der Waals surface area contributed by atoms with E-state index in [1.165, 1.54) is 0 Å². The zero-order valence-electron chi connectivity index (χ0n) is 13.0. The van der Waals surface area contributed by atoms with Crippen LogP contribution in [0.25, 0.3) is 0 Å². The van der Waals surface area contributed by atoms with Crippen molar-refractivity contribution in [1.29, 1.82) is 0 Å². The Hall–Kier alpha value is -0.580. The van der Waals surface area contributed by atoms with E-state index >= 15 is 0 Å². The van der Waals surface area contributed by atoms with Crippen molar-refractivity contribution in [2.45, 2.75) is 64.3 Å². The molecular weight excluding hydrogens is 294 g/mol. The molecule has 0 spiro atoms. The zero-order chi connectivity index (χ0) is 15.7. The number of nitrogens with one attached hydrogen (secondary N) is 1. The van der Waals surface area contributed by atoms with E-state index in [-0.39, 0.29) is 4.90 Å². The third kappa shape index (κ3) is 3.74. The third-order valence-corrected chi connectivity index (χ3v) is 5.94. The van der Waals surface area contributed by atoms with E-state index in [0.29, 0.717) is 17.4 Å². The normalized spacial score (nSPS) is 13.0. The predicted molar refractivity (Wildman–Crippen MR) is 85.0 cm³/mol. The molecule has 3 nitrogen and oxygen atoms in total. The van der Waals surface area contributed by atoms with Crippen molar-refractivity contribution in [2.24, 2.45) is 0 Å². The van der Waals surface area contributed by atoms with Gasteiger partial charge in [0.1, 0.15) is 4.90 Å². The van der Waals surface area contributed by atoms with E-state index in [2.05, 4.69) is 18.6 Å². The fourth-order valence-corrected chi connectivity index (χ4v) is 4.09. The Balaban J connectivity index is 3.31. The molecule has 1 aromatic carbocycles. The van der Waals surface area contributed by atoms with Gasteiger partial charge < -0.3 is 0 Å². The third-order valence-electron chi connectivity index (χ3n) is 3.60. The van der Waals surface area contributed by atoms with Gasteiger partial charge in [-0.2, -0.15) is 0 Å². The molecule has 0 aliphatic carbocycles. The van der Waals surface area contributed by atoms with Gasteiger partial charge in [0.25, 0.3) is 0 Å². The quantitative estimate of drug-likeness (QED) is 0.883. The summed E-state index contributed by atoms with van der Waals surface area (Å²) in [5.41, 5.74) is 1.41. The Kier molecular flexibility index (Phi) is 5.28. The van der Waals surface area contributed by atoms with Crippen LogP contribution in [0.15, 0.2) is 17.0 Å². The molecule has 114 valence electrons. The number of rotatable bonds is 5. The molecule has 0 saturated carbocycles. The standard InChI is InChI=1S/C15H24ClNO2S/c1-7-15(5,6)17-20(18,19)13-9-8-12(10(2)3)11(4)14(13)16/h8-10,17H,7H2,1-6H3. The maximum Gasteiger partial charge on any atom is 0.242 e. The first-order valence-corrected chi connectivity index (χ1v) is 8.71. The monoisotopic (exact) mass is 317 g/mol. The maximum absolute atomic E-state index is 12.5. The molecule has 0 atom stereocenters. The Labute approximate surface area is 127 Å². The summed E-state index contributed by atoms with van der Waals surface area (Å²) in [6, 6.07) is 3.44. The van der Waals surface area contributed by atoms with Crippen LogP contribution in [0.5, 0.6) is 0 Å². The van der Waals surface area contributed by atoms with Gasteiger partial charge >= 0.3 is 0 Å². The van der Waals surface area contributed by atoms with E-state index in [1.54, 1.807) is 6.07 Å². The summed E-state index contributed by atoms with van der Waals surface area (Å²) in [6.07, 6.45) is 0.701. The molecular formula is C15H24ClNO2S. The zero-order valence-corrected chi connectivity index (χ0v) is 14.6. The van der Waals surface area contributed by atoms with Crippen molar-refractivity contribution in [3.63, 3.8) is 0 Å². The van der Waals surface area contributed by atoms with Gasteiger partial charge in [0.05, 0.1) is 5.02 Å². The number of halogens is 1. The van der Waals surface area contributed by atoms with Gasteiger partial charge in [0.2, 0.25) is 10.0 Å². The summed E-state index contributed by atoms with van der Waals surface area (Å²) in [4.78, 5) is 0.155. The molecule has 0 heterocycles. The minimum Gasteiger partial charge on any atom is -0.207 e. The minimum atomic E-state index is -3.61. The van der Waals surface area contributed by atoms with Crippen LogP contribution in [0.1, 0.15) is 58.1 Å². The Morgan fingerprint density at radius 1 is 1.30 bits per heavy atom. The molecule has 0 amide bonds. The fraction of sp³-hybridized carbons (Fsp3) is 0.600. The number of benzene rings is 1. The van der Waals surface area contributed by atoms with Crippen molar-refractivity contribution in [2.75, 3.05) is 0 Å². The van der Waals surface area contributed by atoms with Gasteiger partial charge in [-0.1, -0.05) is 38.4 Å². The lowest BCUT2D eigenvalue weighted by Crippen LogP contribution is -2.42. The van der Waals surface area contributed by atoms with Crippen molar-refractivity contribution in [3.8, 4) is 0 Å². The molecule has 0 aliphatic heterocycles. The first-order valence-electron chi connectivity index (χ1n) is 6.85. The molecule has 0 aromatic heterocycles. The molecule has 1 aromatic rings. The number of hydrogen-bond acceptors (Lipinski definition) is 2. The van der Waals surface area contributed by atoms with Crippen LogP contribution in [-0.2, 0) is 10.0 Å². The lowest BCUT2D eigenvalue weighted by molar-refractivity contribution is 0.439. The van der Waals surface area contributed by atoms with E-state index in [1.807, 2.05) is 33.8 Å². The second-order valence-electron chi connectivity index (χ2n) is 6.09. The van der Waals surface area contributed by atoms with Crippen LogP contribution in [-0.4, -0.2) is 14.0 Å². The molecule has 0 radical (unpaired) electrons. The number of sulfonamides is 1. The lowest BCUT2D eigenvalue weighted by atomic mass is 9.98. The average molecular weight is 318 g/mol. The summed E-state index contributed by atoms with van der Waals surface area (Å²) in [7, 11) is -3.61. The Morgan fingerprint density at radius 2 is 1.85 bits per heavy atom. The molecule has 0 aliphatic rings. The molecule has 1 N–H and O–H groups in total. The average Bonchev–Trinajstić information content (AvgIpc) is 2.30. The van der Waals surface area contributed by atoms with Crippen LogP contribution < -0.4 is 4.72 Å². The Bertz CT molecular complexity index is 592. The largest absolute Gasteiger partial charge is 0.242 e. The van der Waals surface area contributed by atoms with Gasteiger partial charge in [-0.15, -0.1) is 0 Å². The van der Waals surface area contributed by atoms with Crippen LogP contribution in [0, 0.1) is 6.92 Å². The first-order chi connectivity index (χ1) is 9.02. The fourth-order valence-electron chi connectivity index (χ4n) is 2.00. The summed E-state index contributed by atoms with van der Waals surface area (Å²) >= 11 is 6.28. The summed E-state index contributed by atoms with van der Waals surface area (Å²) in [6.45, 7) is 11.6. The first kappa shape index (κ1) is 17.5. The van der Waals surface area contributed by atoms with Crippen LogP contribution in [0.3, 0.4) is 0 Å². The summed E-state index contributed by atoms with van der Waals surface area (Å²) in [5, 5.41) is 0.315. The second kappa shape index (κ2) is 6.04.